The second-order valence-electron chi connectivity index (χ2n) is 6.55. The minimum atomic E-state index is -0.386. The van der Waals surface area contributed by atoms with Crippen molar-refractivity contribution in [2.45, 2.75) is 18.9 Å². The monoisotopic (exact) mass is 355 g/mol. The van der Waals surface area contributed by atoms with Gasteiger partial charge in [0.25, 0.3) is 0 Å². The van der Waals surface area contributed by atoms with Crippen LogP contribution in [0.15, 0.2) is 91.1 Å². The van der Waals surface area contributed by atoms with Gasteiger partial charge in [0.15, 0.2) is 6.10 Å². The molecule has 0 spiro atoms. The molecule has 0 radical (unpaired) electrons. The zero-order chi connectivity index (χ0) is 18.5. The first kappa shape index (κ1) is 17.1. The van der Waals surface area contributed by atoms with E-state index in [-0.39, 0.29) is 12.1 Å². The quantitative estimate of drug-likeness (QED) is 0.468. The molecule has 0 saturated heterocycles. The van der Waals surface area contributed by atoms with Crippen molar-refractivity contribution in [1.29, 1.82) is 0 Å². The average Bonchev–Trinajstić information content (AvgIpc) is 3.15. The summed E-state index contributed by atoms with van der Waals surface area (Å²) in [5.74, 6) is -0.196. The van der Waals surface area contributed by atoms with Crippen LogP contribution in [0.5, 0.6) is 0 Å². The van der Waals surface area contributed by atoms with Gasteiger partial charge < -0.3 is 9.72 Å². The fourth-order valence-corrected chi connectivity index (χ4v) is 3.35. The minimum Gasteiger partial charge on any atom is -0.453 e. The van der Waals surface area contributed by atoms with Crippen molar-refractivity contribution in [2.75, 3.05) is 0 Å². The van der Waals surface area contributed by atoms with E-state index in [1.807, 2.05) is 85.1 Å². The molecule has 4 aromatic rings. The number of hydrogen-bond donors (Lipinski definition) is 1. The molecule has 1 aromatic heterocycles. The van der Waals surface area contributed by atoms with E-state index in [1.165, 1.54) is 0 Å². The summed E-state index contributed by atoms with van der Waals surface area (Å²) < 4.78 is 5.88. The summed E-state index contributed by atoms with van der Waals surface area (Å²) in [6.07, 6.45) is 2.59. The normalized spacial score (nSPS) is 11.0. The molecule has 1 N–H and O–H groups in total. The lowest BCUT2D eigenvalue weighted by Crippen LogP contribution is -2.13. The standard InChI is InChI=1S/C24H21NO2/c26-23(16-15-20-17-25-22-14-8-7-13-21(20)22)27-24(18-9-3-1-4-10-18)19-11-5-2-6-12-19/h1-14,17,24-25H,15-16H2. The van der Waals surface area contributed by atoms with Crippen LogP contribution in [0.1, 0.15) is 29.2 Å². The number of nitrogens with one attached hydrogen (secondary N) is 1. The van der Waals surface area contributed by atoms with Crippen LogP contribution in [-0.4, -0.2) is 11.0 Å². The Morgan fingerprint density at radius 3 is 2.07 bits per heavy atom. The van der Waals surface area contributed by atoms with Crippen molar-refractivity contribution in [3.05, 3.63) is 108 Å². The molecule has 0 bridgehead atoms. The molecule has 0 aliphatic rings. The van der Waals surface area contributed by atoms with Crippen LogP contribution in [0.2, 0.25) is 0 Å². The lowest BCUT2D eigenvalue weighted by atomic mass is 10.0. The molecule has 0 aliphatic heterocycles. The Balaban J connectivity index is 1.49. The van der Waals surface area contributed by atoms with Gasteiger partial charge in [0.1, 0.15) is 0 Å². The zero-order valence-corrected chi connectivity index (χ0v) is 15.0. The van der Waals surface area contributed by atoms with Crippen molar-refractivity contribution in [3.8, 4) is 0 Å². The van der Waals surface area contributed by atoms with E-state index in [9.17, 15) is 4.79 Å². The lowest BCUT2D eigenvalue weighted by Gasteiger charge is -2.19. The Bertz CT molecular complexity index is 982. The van der Waals surface area contributed by atoms with Crippen LogP contribution in [-0.2, 0) is 16.0 Å². The highest BCUT2D eigenvalue weighted by molar-refractivity contribution is 5.83. The summed E-state index contributed by atoms with van der Waals surface area (Å²) >= 11 is 0. The molecule has 27 heavy (non-hydrogen) atoms. The van der Waals surface area contributed by atoms with Gasteiger partial charge in [-0.05, 0) is 29.2 Å². The third-order valence-corrected chi connectivity index (χ3v) is 4.73. The van der Waals surface area contributed by atoms with Crippen LogP contribution in [0.25, 0.3) is 10.9 Å². The largest absolute Gasteiger partial charge is 0.453 e. The van der Waals surface area contributed by atoms with Crippen molar-refractivity contribution < 1.29 is 9.53 Å². The molecule has 4 rings (SSSR count). The molecule has 0 atom stereocenters. The Kier molecular flexibility index (Phi) is 5.01. The number of H-pyrrole nitrogens is 1. The van der Waals surface area contributed by atoms with E-state index in [4.69, 9.17) is 4.74 Å². The number of ether oxygens (including phenoxy) is 1. The Morgan fingerprint density at radius 2 is 1.41 bits per heavy atom. The molecule has 3 nitrogen and oxygen atoms in total. The summed E-state index contributed by atoms with van der Waals surface area (Å²) in [4.78, 5) is 15.9. The van der Waals surface area contributed by atoms with Crippen molar-refractivity contribution in [1.82, 2.24) is 4.98 Å². The number of carbonyl (C=O) groups is 1. The number of aryl methyl sites for hydroxylation is 1. The third kappa shape index (κ3) is 3.93. The molecule has 0 unspecified atom stereocenters. The van der Waals surface area contributed by atoms with Gasteiger partial charge in [0.05, 0.1) is 0 Å². The summed E-state index contributed by atoms with van der Waals surface area (Å²) in [5, 5.41) is 1.16. The van der Waals surface area contributed by atoms with E-state index in [1.54, 1.807) is 0 Å². The van der Waals surface area contributed by atoms with E-state index in [2.05, 4.69) is 11.1 Å². The molecule has 0 fully saturated rings. The second-order valence-corrected chi connectivity index (χ2v) is 6.55. The number of benzene rings is 3. The smallest absolute Gasteiger partial charge is 0.307 e. The molecule has 0 aliphatic carbocycles. The second kappa shape index (κ2) is 7.92. The van der Waals surface area contributed by atoms with Crippen LogP contribution in [0.4, 0.5) is 0 Å². The predicted molar refractivity (Wildman–Crippen MR) is 107 cm³/mol. The number of aromatic amines is 1. The fraction of sp³-hybridized carbons (Fsp3) is 0.125. The van der Waals surface area contributed by atoms with Gasteiger partial charge in [0.2, 0.25) is 0 Å². The van der Waals surface area contributed by atoms with Crippen molar-refractivity contribution in [3.63, 3.8) is 0 Å². The molecule has 0 amide bonds. The van der Waals surface area contributed by atoms with E-state index in [0.29, 0.717) is 12.8 Å². The first-order valence-corrected chi connectivity index (χ1v) is 9.15. The van der Waals surface area contributed by atoms with Gasteiger partial charge in [-0.1, -0.05) is 78.9 Å². The lowest BCUT2D eigenvalue weighted by molar-refractivity contribution is -0.147. The van der Waals surface area contributed by atoms with E-state index < -0.39 is 0 Å². The maximum atomic E-state index is 12.6. The maximum absolute atomic E-state index is 12.6. The zero-order valence-electron chi connectivity index (χ0n) is 15.0. The fourth-order valence-electron chi connectivity index (χ4n) is 3.35. The van der Waals surface area contributed by atoms with E-state index >= 15 is 0 Å². The molecule has 1 heterocycles. The summed E-state index contributed by atoms with van der Waals surface area (Å²) in [6.45, 7) is 0. The van der Waals surface area contributed by atoms with Crippen molar-refractivity contribution in [2.24, 2.45) is 0 Å². The van der Waals surface area contributed by atoms with Gasteiger partial charge in [-0.25, -0.2) is 0 Å². The highest BCUT2D eigenvalue weighted by atomic mass is 16.5. The number of hydrogen-bond acceptors (Lipinski definition) is 2. The topological polar surface area (TPSA) is 42.1 Å². The highest BCUT2D eigenvalue weighted by Gasteiger charge is 2.19. The summed E-state index contributed by atoms with van der Waals surface area (Å²) in [6, 6.07) is 27.9. The number of rotatable bonds is 6. The number of esters is 1. The third-order valence-electron chi connectivity index (χ3n) is 4.73. The number of fused-ring (bicyclic) bond motifs is 1. The first-order valence-electron chi connectivity index (χ1n) is 9.15. The predicted octanol–water partition coefficient (Wildman–Crippen LogP) is 5.43. The van der Waals surface area contributed by atoms with Crippen LogP contribution >= 0.6 is 0 Å². The van der Waals surface area contributed by atoms with Crippen LogP contribution < -0.4 is 0 Å². The Hall–Kier alpha value is -3.33. The number of para-hydroxylation sites is 1. The molecular weight excluding hydrogens is 334 g/mol. The molecule has 3 heteroatoms. The average molecular weight is 355 g/mol. The van der Waals surface area contributed by atoms with Crippen molar-refractivity contribution >= 4 is 16.9 Å². The molecule has 0 saturated carbocycles. The Labute approximate surface area is 158 Å². The van der Waals surface area contributed by atoms with Gasteiger partial charge >= 0.3 is 5.97 Å². The highest BCUT2D eigenvalue weighted by Crippen LogP contribution is 2.27. The van der Waals surface area contributed by atoms with Gasteiger partial charge in [-0.15, -0.1) is 0 Å². The van der Waals surface area contributed by atoms with Gasteiger partial charge in [-0.2, -0.15) is 0 Å². The Morgan fingerprint density at radius 1 is 0.815 bits per heavy atom. The molecule has 134 valence electrons. The summed E-state index contributed by atoms with van der Waals surface area (Å²) in [7, 11) is 0. The van der Waals surface area contributed by atoms with Crippen LogP contribution in [0, 0.1) is 0 Å². The van der Waals surface area contributed by atoms with E-state index in [0.717, 1.165) is 27.6 Å². The number of aromatic nitrogens is 1. The molecule has 3 aromatic carbocycles. The maximum Gasteiger partial charge on any atom is 0.307 e. The molecular formula is C24H21NO2. The summed E-state index contributed by atoms with van der Waals surface area (Å²) in [5.41, 5.74) is 4.18. The van der Waals surface area contributed by atoms with Gasteiger partial charge in [-0.3, -0.25) is 4.79 Å². The first-order chi connectivity index (χ1) is 13.3. The SMILES string of the molecule is O=C(CCc1c[nH]c2ccccc12)OC(c1ccccc1)c1ccccc1. The number of carbonyl (C=O) groups excluding carboxylic acids is 1. The van der Waals surface area contributed by atoms with Gasteiger partial charge in [0, 0.05) is 23.5 Å². The minimum absolute atomic E-state index is 0.196. The van der Waals surface area contributed by atoms with Crippen LogP contribution in [0.3, 0.4) is 0 Å².